The molecule has 2 rings (SSSR count). The number of rotatable bonds is 4. The third-order valence-corrected chi connectivity index (χ3v) is 4.69. The second kappa shape index (κ2) is 5.50. The van der Waals surface area contributed by atoms with E-state index in [0.717, 1.165) is 4.31 Å². The number of nitrogens with zero attached hydrogens (tertiary/aromatic N) is 1. The molecule has 0 unspecified atom stereocenters. The highest BCUT2D eigenvalue weighted by Gasteiger charge is 2.21. The van der Waals surface area contributed by atoms with Gasteiger partial charge in [0.15, 0.2) is 0 Å². The van der Waals surface area contributed by atoms with Gasteiger partial charge in [-0.25, -0.2) is 12.8 Å². The van der Waals surface area contributed by atoms with Crippen LogP contribution < -0.4 is 9.04 Å². The third kappa shape index (κ3) is 2.75. The maximum absolute atomic E-state index is 13.2. The molecule has 0 heterocycles. The largest absolute Gasteiger partial charge is 0.497 e. The lowest BCUT2D eigenvalue weighted by Crippen LogP contribution is -2.26. The van der Waals surface area contributed by atoms with Crippen LogP contribution in [0.15, 0.2) is 53.4 Å². The lowest BCUT2D eigenvalue weighted by atomic mass is 10.3. The van der Waals surface area contributed by atoms with Crippen molar-refractivity contribution in [2.24, 2.45) is 0 Å². The third-order valence-electron chi connectivity index (χ3n) is 2.89. The second-order valence-electron chi connectivity index (χ2n) is 4.13. The van der Waals surface area contributed by atoms with E-state index in [1.54, 1.807) is 12.1 Å². The second-order valence-corrected chi connectivity index (χ2v) is 6.10. The Hall–Kier alpha value is -2.08. The molecule has 0 aliphatic heterocycles. The summed E-state index contributed by atoms with van der Waals surface area (Å²) in [6, 6.07) is 11.4. The zero-order valence-corrected chi connectivity index (χ0v) is 11.9. The normalized spacial score (nSPS) is 11.2. The van der Waals surface area contributed by atoms with Crippen molar-refractivity contribution < 1.29 is 17.5 Å². The van der Waals surface area contributed by atoms with Crippen LogP contribution in [0.1, 0.15) is 0 Å². The summed E-state index contributed by atoms with van der Waals surface area (Å²) in [5, 5.41) is 0. The molecule has 0 spiro atoms. The van der Waals surface area contributed by atoms with Crippen molar-refractivity contribution in [2.45, 2.75) is 4.90 Å². The summed E-state index contributed by atoms with van der Waals surface area (Å²) in [4.78, 5) is 0.116. The van der Waals surface area contributed by atoms with Crippen LogP contribution in [0.3, 0.4) is 0 Å². The Labute approximate surface area is 117 Å². The maximum atomic E-state index is 13.2. The van der Waals surface area contributed by atoms with Crippen molar-refractivity contribution in [1.29, 1.82) is 0 Å². The Balaban J connectivity index is 2.38. The van der Waals surface area contributed by atoms with Gasteiger partial charge in [-0.05, 0) is 42.5 Å². The molecule has 0 aliphatic rings. The first-order chi connectivity index (χ1) is 9.45. The molecule has 6 heteroatoms. The standard InChI is InChI=1S/C14H14FNO3S/c1-16(12-5-3-4-11(15)10-12)20(17,18)14-8-6-13(19-2)7-9-14/h3-10H,1-2H3. The van der Waals surface area contributed by atoms with Crippen molar-refractivity contribution in [2.75, 3.05) is 18.5 Å². The number of methoxy groups -OCH3 is 1. The van der Waals surface area contributed by atoms with E-state index in [4.69, 9.17) is 4.74 Å². The molecule has 2 aromatic carbocycles. The van der Waals surface area contributed by atoms with Gasteiger partial charge >= 0.3 is 0 Å². The monoisotopic (exact) mass is 295 g/mol. The van der Waals surface area contributed by atoms with Gasteiger partial charge in [0.1, 0.15) is 11.6 Å². The number of benzene rings is 2. The first-order valence-corrected chi connectivity index (χ1v) is 7.28. The highest BCUT2D eigenvalue weighted by atomic mass is 32.2. The number of sulfonamides is 1. The number of anilines is 1. The van der Waals surface area contributed by atoms with Crippen molar-refractivity contribution in [3.63, 3.8) is 0 Å². The van der Waals surface area contributed by atoms with Crippen molar-refractivity contribution in [3.8, 4) is 5.75 Å². The predicted octanol–water partition coefficient (Wildman–Crippen LogP) is 2.66. The van der Waals surface area contributed by atoms with E-state index < -0.39 is 15.8 Å². The molecule has 0 fully saturated rings. The lowest BCUT2D eigenvalue weighted by molar-refractivity contribution is 0.414. The van der Waals surface area contributed by atoms with Crippen LogP contribution in [0.4, 0.5) is 10.1 Å². The summed E-state index contributed by atoms with van der Waals surface area (Å²) in [7, 11) is -0.837. The average Bonchev–Trinajstić information content (AvgIpc) is 2.46. The molecule has 0 aliphatic carbocycles. The molecular formula is C14H14FNO3S. The summed E-state index contributed by atoms with van der Waals surface area (Å²) < 4.78 is 44.0. The topological polar surface area (TPSA) is 46.6 Å². The van der Waals surface area contributed by atoms with Crippen LogP contribution >= 0.6 is 0 Å². The molecule has 2 aromatic rings. The fourth-order valence-corrected chi connectivity index (χ4v) is 2.90. The van der Waals surface area contributed by atoms with Gasteiger partial charge in [-0.15, -0.1) is 0 Å². The molecule has 0 radical (unpaired) electrons. The lowest BCUT2D eigenvalue weighted by Gasteiger charge is -2.19. The average molecular weight is 295 g/mol. The summed E-state index contributed by atoms with van der Waals surface area (Å²) in [6.07, 6.45) is 0. The van der Waals surface area contributed by atoms with Crippen LogP contribution in [0, 0.1) is 5.82 Å². The molecule has 0 saturated heterocycles. The van der Waals surface area contributed by atoms with Gasteiger partial charge in [-0.2, -0.15) is 0 Å². The van der Waals surface area contributed by atoms with Crippen LogP contribution in [0.2, 0.25) is 0 Å². The first-order valence-electron chi connectivity index (χ1n) is 5.83. The number of hydrogen-bond acceptors (Lipinski definition) is 3. The van der Waals surface area contributed by atoms with E-state index >= 15 is 0 Å². The number of ether oxygens (including phenoxy) is 1. The molecule has 0 saturated carbocycles. The molecule has 0 N–H and O–H groups in total. The summed E-state index contributed by atoms with van der Waals surface area (Å²) in [6.45, 7) is 0. The fourth-order valence-electron chi connectivity index (χ4n) is 1.72. The van der Waals surface area contributed by atoms with Gasteiger partial charge < -0.3 is 4.74 Å². The van der Waals surface area contributed by atoms with E-state index in [-0.39, 0.29) is 10.6 Å². The minimum Gasteiger partial charge on any atom is -0.497 e. The first kappa shape index (κ1) is 14.3. The van der Waals surface area contributed by atoms with Crippen molar-refractivity contribution in [1.82, 2.24) is 0 Å². The van der Waals surface area contributed by atoms with Crippen molar-refractivity contribution in [3.05, 3.63) is 54.3 Å². The Kier molecular flexibility index (Phi) is 3.94. The number of halogens is 1. The van der Waals surface area contributed by atoms with Gasteiger partial charge in [-0.1, -0.05) is 6.07 Å². The molecular weight excluding hydrogens is 281 g/mol. The Morgan fingerprint density at radius 2 is 1.75 bits per heavy atom. The Morgan fingerprint density at radius 3 is 2.30 bits per heavy atom. The quantitative estimate of drug-likeness (QED) is 0.871. The van der Waals surface area contributed by atoms with Gasteiger partial charge in [0.2, 0.25) is 0 Å². The van der Waals surface area contributed by atoms with E-state index in [2.05, 4.69) is 0 Å². The van der Waals surface area contributed by atoms with Crippen molar-refractivity contribution >= 4 is 15.7 Å². The Bertz CT molecular complexity index is 699. The summed E-state index contributed by atoms with van der Waals surface area (Å²) >= 11 is 0. The van der Waals surface area contributed by atoms with Gasteiger partial charge in [-0.3, -0.25) is 4.31 Å². The zero-order valence-electron chi connectivity index (χ0n) is 11.1. The fraction of sp³-hybridized carbons (Fsp3) is 0.143. The minimum atomic E-state index is -3.72. The van der Waals surface area contributed by atoms with Gasteiger partial charge in [0, 0.05) is 7.05 Å². The van der Waals surface area contributed by atoms with E-state index in [0.29, 0.717) is 5.75 Å². The molecule has 20 heavy (non-hydrogen) atoms. The maximum Gasteiger partial charge on any atom is 0.264 e. The molecule has 0 amide bonds. The predicted molar refractivity (Wildman–Crippen MR) is 75.0 cm³/mol. The highest BCUT2D eigenvalue weighted by molar-refractivity contribution is 7.92. The number of hydrogen-bond donors (Lipinski definition) is 0. The van der Waals surface area contributed by atoms with Crippen LogP contribution in [-0.2, 0) is 10.0 Å². The summed E-state index contributed by atoms with van der Waals surface area (Å²) in [5.41, 5.74) is 0.265. The molecule has 0 bridgehead atoms. The van der Waals surface area contributed by atoms with Gasteiger partial charge in [0.25, 0.3) is 10.0 Å². The molecule has 4 nitrogen and oxygen atoms in total. The Morgan fingerprint density at radius 1 is 1.10 bits per heavy atom. The van der Waals surface area contributed by atoms with E-state index in [1.807, 2.05) is 0 Å². The van der Waals surface area contributed by atoms with Crippen LogP contribution in [0.25, 0.3) is 0 Å². The summed E-state index contributed by atoms with van der Waals surface area (Å²) in [5.74, 6) is 0.0802. The molecule has 106 valence electrons. The van der Waals surface area contributed by atoms with Crippen LogP contribution in [-0.4, -0.2) is 22.6 Å². The van der Waals surface area contributed by atoms with Gasteiger partial charge in [0.05, 0.1) is 17.7 Å². The SMILES string of the molecule is COc1ccc(S(=O)(=O)N(C)c2cccc(F)c2)cc1. The van der Waals surface area contributed by atoms with E-state index in [9.17, 15) is 12.8 Å². The molecule has 0 aromatic heterocycles. The minimum absolute atomic E-state index is 0.116. The smallest absolute Gasteiger partial charge is 0.264 e. The molecule has 0 atom stereocenters. The zero-order chi connectivity index (χ0) is 14.8. The highest BCUT2D eigenvalue weighted by Crippen LogP contribution is 2.23. The van der Waals surface area contributed by atoms with E-state index in [1.165, 1.54) is 50.6 Å². The van der Waals surface area contributed by atoms with Crippen LogP contribution in [0.5, 0.6) is 5.75 Å².